The molecule has 34 heavy (non-hydrogen) atoms. The van der Waals surface area contributed by atoms with E-state index in [9.17, 15) is 19.2 Å². The van der Waals surface area contributed by atoms with Crippen LogP contribution >= 0.6 is 11.6 Å². The number of hydrogen-bond donors (Lipinski definition) is 0. The fourth-order valence-electron chi connectivity index (χ4n) is 5.45. The number of carbonyl (C=O) groups excluding carboxylic acids is 4. The second-order valence-corrected chi connectivity index (χ2v) is 9.22. The van der Waals surface area contributed by atoms with E-state index in [1.807, 2.05) is 30.3 Å². The Hall–Kier alpha value is -3.61. The van der Waals surface area contributed by atoms with Crippen LogP contribution in [0.5, 0.6) is 0 Å². The van der Waals surface area contributed by atoms with Crippen LogP contribution in [0.25, 0.3) is 0 Å². The summed E-state index contributed by atoms with van der Waals surface area (Å²) < 4.78 is 6.24. The molecule has 2 saturated heterocycles. The van der Waals surface area contributed by atoms with Crippen LogP contribution < -0.4 is 0 Å². The number of likely N-dealkylation sites (tertiary alicyclic amines) is 1. The number of imide groups is 1. The molecule has 6 rings (SSSR count). The molecule has 2 aliphatic heterocycles. The van der Waals surface area contributed by atoms with Gasteiger partial charge in [-0.05, 0) is 23.3 Å². The number of halogens is 1. The van der Waals surface area contributed by atoms with E-state index in [2.05, 4.69) is 0 Å². The number of ketones is 2. The van der Waals surface area contributed by atoms with Gasteiger partial charge in [0, 0.05) is 16.1 Å². The zero-order valence-electron chi connectivity index (χ0n) is 17.8. The number of ether oxygens (including phenoxy) is 1. The maximum Gasteiger partial charge on any atom is 0.237 e. The number of amides is 2. The summed E-state index contributed by atoms with van der Waals surface area (Å²) >= 11 is 6.04. The summed E-state index contributed by atoms with van der Waals surface area (Å²) in [5.74, 6) is -4.39. The largest absolute Gasteiger partial charge is 0.349 e. The van der Waals surface area contributed by atoms with E-state index in [1.54, 1.807) is 48.5 Å². The fourth-order valence-corrected chi connectivity index (χ4v) is 5.58. The van der Waals surface area contributed by atoms with Crippen LogP contribution in [0, 0.1) is 11.8 Å². The molecular weight excluding hydrogens is 454 g/mol. The zero-order valence-corrected chi connectivity index (χ0v) is 18.6. The molecule has 0 bridgehead atoms. The molecule has 1 spiro atoms. The Morgan fingerprint density at radius 2 is 1.35 bits per heavy atom. The number of nitrogens with zero attached hydrogens (tertiary/aromatic N) is 1. The third-order valence-electron chi connectivity index (χ3n) is 6.99. The maximum atomic E-state index is 13.7. The Kier molecular flexibility index (Phi) is 4.59. The summed E-state index contributed by atoms with van der Waals surface area (Å²) in [5, 5.41) is 0.493. The highest BCUT2D eigenvalue weighted by atomic mass is 35.5. The third-order valence-corrected chi connectivity index (χ3v) is 7.24. The van der Waals surface area contributed by atoms with E-state index in [0.29, 0.717) is 10.6 Å². The lowest BCUT2D eigenvalue weighted by Gasteiger charge is -2.27. The first-order valence-corrected chi connectivity index (χ1v) is 11.3. The molecule has 168 valence electrons. The van der Waals surface area contributed by atoms with Crippen molar-refractivity contribution in [3.05, 3.63) is 106 Å². The van der Waals surface area contributed by atoms with Gasteiger partial charge in [-0.3, -0.25) is 24.1 Å². The Labute approximate surface area is 200 Å². The van der Waals surface area contributed by atoms with Crippen molar-refractivity contribution in [3.63, 3.8) is 0 Å². The average Bonchev–Trinajstić information content (AvgIpc) is 3.41. The van der Waals surface area contributed by atoms with Crippen molar-refractivity contribution in [3.8, 4) is 0 Å². The van der Waals surface area contributed by atoms with Gasteiger partial charge in [0.15, 0.2) is 0 Å². The predicted octanol–water partition coefficient (Wildman–Crippen LogP) is 4.03. The Morgan fingerprint density at radius 3 is 1.97 bits per heavy atom. The van der Waals surface area contributed by atoms with Crippen molar-refractivity contribution in [2.45, 2.75) is 18.2 Å². The van der Waals surface area contributed by atoms with Crippen molar-refractivity contribution in [2.75, 3.05) is 0 Å². The Balaban J connectivity index is 1.49. The van der Waals surface area contributed by atoms with Crippen molar-refractivity contribution in [1.29, 1.82) is 0 Å². The molecule has 0 saturated carbocycles. The highest BCUT2D eigenvalue weighted by Gasteiger charge is 2.74. The minimum absolute atomic E-state index is 0.0598. The summed E-state index contributed by atoms with van der Waals surface area (Å²) in [4.78, 5) is 55.9. The number of hydrogen-bond acceptors (Lipinski definition) is 5. The second-order valence-electron chi connectivity index (χ2n) is 8.78. The second kappa shape index (κ2) is 7.45. The average molecular weight is 472 g/mol. The van der Waals surface area contributed by atoms with E-state index in [-0.39, 0.29) is 17.7 Å². The van der Waals surface area contributed by atoms with Crippen LogP contribution in [0.3, 0.4) is 0 Å². The molecule has 0 radical (unpaired) electrons. The summed E-state index contributed by atoms with van der Waals surface area (Å²) in [5.41, 5.74) is -0.281. The number of rotatable bonds is 3. The van der Waals surface area contributed by atoms with Crippen molar-refractivity contribution < 1.29 is 23.9 Å². The topological polar surface area (TPSA) is 80.8 Å². The molecule has 3 aromatic carbocycles. The van der Waals surface area contributed by atoms with Crippen molar-refractivity contribution in [1.82, 2.24) is 4.90 Å². The molecule has 0 N–H and O–H groups in total. The minimum Gasteiger partial charge on any atom is -0.349 e. The lowest BCUT2D eigenvalue weighted by molar-refractivity contribution is -0.145. The van der Waals surface area contributed by atoms with E-state index >= 15 is 0 Å². The molecule has 7 heteroatoms. The number of carbonyl (C=O) groups is 4. The maximum absolute atomic E-state index is 13.7. The van der Waals surface area contributed by atoms with Gasteiger partial charge in [0.25, 0.3) is 0 Å². The smallest absolute Gasteiger partial charge is 0.237 e. The first-order chi connectivity index (χ1) is 16.4. The molecule has 3 atom stereocenters. The number of benzene rings is 3. The van der Waals surface area contributed by atoms with Crippen LogP contribution in [0.1, 0.15) is 37.9 Å². The molecular formula is C27H18ClNO5. The van der Waals surface area contributed by atoms with Gasteiger partial charge in [0.05, 0.1) is 24.5 Å². The molecule has 6 nitrogen and oxygen atoms in total. The van der Waals surface area contributed by atoms with Gasteiger partial charge in [0.1, 0.15) is 0 Å². The lowest BCUT2D eigenvalue weighted by Crippen LogP contribution is -2.50. The normalized spacial score (nSPS) is 24.7. The SMILES string of the molecule is O=C1[C@@H]2[C@H](c3ccc(Cl)cc3)OC3(C(=O)c4ccccc4C3=O)[C@H]2C(=O)N1Cc1ccccc1. The van der Waals surface area contributed by atoms with Gasteiger partial charge in [0.2, 0.25) is 29.0 Å². The predicted molar refractivity (Wildman–Crippen MR) is 122 cm³/mol. The van der Waals surface area contributed by atoms with Crippen LogP contribution in [0.4, 0.5) is 0 Å². The minimum atomic E-state index is -2.06. The monoisotopic (exact) mass is 471 g/mol. The summed E-state index contributed by atoms with van der Waals surface area (Å²) in [6, 6.07) is 22.2. The van der Waals surface area contributed by atoms with Crippen LogP contribution in [0.15, 0.2) is 78.9 Å². The van der Waals surface area contributed by atoms with Crippen molar-refractivity contribution in [2.24, 2.45) is 11.8 Å². The summed E-state index contributed by atoms with van der Waals surface area (Å²) in [7, 11) is 0. The van der Waals surface area contributed by atoms with Gasteiger partial charge in [-0.15, -0.1) is 0 Å². The van der Waals surface area contributed by atoms with Gasteiger partial charge < -0.3 is 4.74 Å². The summed E-state index contributed by atoms with van der Waals surface area (Å²) in [6.07, 6.45) is -0.943. The van der Waals surface area contributed by atoms with Gasteiger partial charge in [-0.25, -0.2) is 0 Å². The van der Waals surface area contributed by atoms with Gasteiger partial charge >= 0.3 is 0 Å². The molecule has 1 aliphatic carbocycles. The van der Waals surface area contributed by atoms with Crippen LogP contribution in [0.2, 0.25) is 5.02 Å². The fraction of sp³-hybridized carbons (Fsp3) is 0.185. The van der Waals surface area contributed by atoms with E-state index in [0.717, 1.165) is 10.5 Å². The number of fused-ring (bicyclic) bond motifs is 3. The summed E-state index contributed by atoms with van der Waals surface area (Å²) in [6.45, 7) is 0.0598. The Morgan fingerprint density at radius 1 is 0.765 bits per heavy atom. The van der Waals surface area contributed by atoms with Gasteiger partial charge in [-0.1, -0.05) is 78.3 Å². The molecule has 0 unspecified atom stereocenters. The third kappa shape index (κ3) is 2.73. The highest BCUT2D eigenvalue weighted by molar-refractivity contribution is 6.35. The van der Waals surface area contributed by atoms with Crippen molar-refractivity contribution >= 4 is 35.0 Å². The quantitative estimate of drug-likeness (QED) is 0.425. The molecule has 3 aliphatic rings. The van der Waals surface area contributed by atoms with E-state index < -0.39 is 46.9 Å². The standard InChI is InChI=1S/C27H18ClNO5/c28-17-12-10-16(11-13-17)22-20-21(26(33)29(25(20)32)14-15-6-2-1-3-7-15)27(34-22)23(30)18-8-4-5-9-19(18)24(27)31/h1-13,20-22H,14H2/t20-,21+,22-/m0/s1. The lowest BCUT2D eigenvalue weighted by atomic mass is 9.77. The van der Waals surface area contributed by atoms with E-state index in [4.69, 9.17) is 16.3 Å². The first kappa shape index (κ1) is 21.0. The van der Waals surface area contributed by atoms with Gasteiger partial charge in [-0.2, -0.15) is 0 Å². The molecule has 0 aromatic heterocycles. The van der Waals surface area contributed by atoms with Crippen LogP contribution in [-0.4, -0.2) is 33.9 Å². The molecule has 3 aromatic rings. The highest BCUT2D eigenvalue weighted by Crippen LogP contribution is 2.57. The molecule has 2 amide bonds. The van der Waals surface area contributed by atoms with E-state index in [1.165, 1.54) is 0 Å². The number of Topliss-reactive ketones (excluding diaryl/α,β-unsaturated/α-hetero) is 2. The molecule has 2 heterocycles. The zero-order chi connectivity index (χ0) is 23.6. The molecule has 2 fully saturated rings. The van der Waals surface area contributed by atoms with Crippen LogP contribution in [-0.2, 0) is 20.9 Å². The Bertz CT molecular complexity index is 1330. The first-order valence-electron chi connectivity index (χ1n) is 10.9.